The second-order valence-electron chi connectivity index (χ2n) is 7.19. The van der Waals surface area contributed by atoms with E-state index in [-0.39, 0.29) is 11.5 Å². The molecule has 3 aromatic rings. The molecule has 0 fully saturated rings. The molecule has 0 radical (unpaired) electrons. The highest BCUT2D eigenvalue weighted by Crippen LogP contribution is 2.33. The summed E-state index contributed by atoms with van der Waals surface area (Å²) in [6.45, 7) is 5.31. The number of ether oxygens (including phenoxy) is 1. The third-order valence-electron chi connectivity index (χ3n) is 4.99. The third-order valence-corrected chi connectivity index (χ3v) is 4.99. The van der Waals surface area contributed by atoms with Crippen molar-refractivity contribution in [2.75, 3.05) is 18.0 Å². The molecular formula is C22H24N4O3. The largest absolute Gasteiger partial charge is 0.477 e. The summed E-state index contributed by atoms with van der Waals surface area (Å²) in [6, 6.07) is 14.8. The Kier molecular flexibility index (Phi) is 5.20. The zero-order valence-electron chi connectivity index (χ0n) is 16.6. The van der Waals surface area contributed by atoms with E-state index in [0.29, 0.717) is 36.7 Å². The van der Waals surface area contributed by atoms with E-state index >= 15 is 0 Å². The van der Waals surface area contributed by atoms with Crippen molar-refractivity contribution in [1.82, 2.24) is 14.7 Å². The summed E-state index contributed by atoms with van der Waals surface area (Å²) in [6.07, 6.45) is 0.253. The predicted molar refractivity (Wildman–Crippen MR) is 111 cm³/mol. The van der Waals surface area contributed by atoms with Crippen molar-refractivity contribution in [2.45, 2.75) is 32.9 Å². The molecule has 0 aliphatic carbocycles. The van der Waals surface area contributed by atoms with Crippen LogP contribution in [0.1, 0.15) is 24.7 Å². The number of rotatable bonds is 5. The van der Waals surface area contributed by atoms with Crippen LogP contribution in [0, 0.1) is 6.92 Å². The number of amides is 1. The number of hydrogen-bond acceptors (Lipinski definition) is 5. The van der Waals surface area contributed by atoms with E-state index in [1.807, 2.05) is 61.2 Å². The van der Waals surface area contributed by atoms with Gasteiger partial charge in [0.2, 0.25) is 0 Å². The fourth-order valence-electron chi connectivity index (χ4n) is 3.60. The third kappa shape index (κ3) is 3.81. The first kappa shape index (κ1) is 19.0. The Morgan fingerprint density at radius 3 is 2.90 bits per heavy atom. The number of benzene rings is 1. The van der Waals surface area contributed by atoms with Crippen LogP contribution in [0.2, 0.25) is 0 Å². The first-order valence-electron chi connectivity index (χ1n) is 9.83. The van der Waals surface area contributed by atoms with Crippen molar-refractivity contribution in [3.63, 3.8) is 0 Å². The highest BCUT2D eigenvalue weighted by atomic mass is 16.5. The lowest BCUT2D eigenvalue weighted by atomic mass is 10.1. The molecule has 1 amide bonds. The standard InChI is InChI=1S/C22H24N4O3/c1-3-11-23-22(28)19-14-25(17-8-4-5-9-18(17)29-19)13-16-12-21(27)26-15(2)7-6-10-20(26)24-16/h4-10,12,19H,3,11,13-14H2,1-2H3,(H,23,28)/t19-/m1/s1. The summed E-state index contributed by atoms with van der Waals surface area (Å²) < 4.78 is 7.52. The Hall–Kier alpha value is -3.35. The second-order valence-corrected chi connectivity index (χ2v) is 7.19. The normalized spacial score (nSPS) is 15.7. The number of nitrogens with zero attached hydrogens (tertiary/aromatic N) is 3. The first-order valence-corrected chi connectivity index (χ1v) is 9.83. The number of carbonyl (C=O) groups is 1. The fourth-order valence-corrected chi connectivity index (χ4v) is 3.60. The summed E-state index contributed by atoms with van der Waals surface area (Å²) in [5, 5.41) is 2.90. The lowest BCUT2D eigenvalue weighted by molar-refractivity contribution is -0.127. The van der Waals surface area contributed by atoms with Crippen LogP contribution in [-0.4, -0.2) is 34.5 Å². The monoisotopic (exact) mass is 392 g/mol. The van der Waals surface area contributed by atoms with E-state index in [1.165, 1.54) is 0 Å². The maximum Gasteiger partial charge on any atom is 0.262 e. The second kappa shape index (κ2) is 7.95. The Balaban J connectivity index is 1.66. The summed E-state index contributed by atoms with van der Waals surface area (Å²) in [5.41, 5.74) is 2.90. The number of anilines is 1. The molecule has 1 aromatic carbocycles. The number of carbonyl (C=O) groups excluding carboxylic acids is 1. The van der Waals surface area contributed by atoms with Crippen LogP contribution in [0.5, 0.6) is 5.75 Å². The molecule has 2 aromatic heterocycles. The molecule has 150 valence electrons. The lowest BCUT2D eigenvalue weighted by Gasteiger charge is -2.35. The Morgan fingerprint density at radius 1 is 1.24 bits per heavy atom. The Labute approximate surface area is 168 Å². The molecule has 4 rings (SSSR count). The summed E-state index contributed by atoms with van der Waals surface area (Å²) in [7, 11) is 0. The fraction of sp³-hybridized carbons (Fsp3) is 0.318. The zero-order valence-corrected chi connectivity index (χ0v) is 16.6. The highest BCUT2D eigenvalue weighted by molar-refractivity contribution is 5.83. The van der Waals surface area contributed by atoms with Gasteiger partial charge in [-0.05, 0) is 37.6 Å². The molecule has 0 saturated heterocycles. The minimum atomic E-state index is -0.611. The van der Waals surface area contributed by atoms with Crippen molar-refractivity contribution in [3.8, 4) is 5.75 Å². The van der Waals surface area contributed by atoms with Gasteiger partial charge in [-0.15, -0.1) is 0 Å². The summed E-state index contributed by atoms with van der Waals surface area (Å²) in [4.78, 5) is 31.8. The Morgan fingerprint density at radius 2 is 2.07 bits per heavy atom. The van der Waals surface area contributed by atoms with Gasteiger partial charge in [0.25, 0.3) is 11.5 Å². The van der Waals surface area contributed by atoms with Crippen molar-refractivity contribution < 1.29 is 9.53 Å². The molecule has 0 bridgehead atoms. The van der Waals surface area contributed by atoms with Gasteiger partial charge in [-0.1, -0.05) is 25.1 Å². The number of para-hydroxylation sites is 2. The van der Waals surface area contributed by atoms with E-state index in [4.69, 9.17) is 4.74 Å². The van der Waals surface area contributed by atoms with Crippen LogP contribution in [0.15, 0.2) is 53.3 Å². The summed E-state index contributed by atoms with van der Waals surface area (Å²) >= 11 is 0. The number of pyridine rings is 1. The van der Waals surface area contributed by atoms with E-state index in [0.717, 1.165) is 17.8 Å². The Bertz CT molecular complexity index is 1110. The van der Waals surface area contributed by atoms with Crippen LogP contribution in [0.3, 0.4) is 0 Å². The molecule has 1 atom stereocenters. The first-order chi connectivity index (χ1) is 14.1. The molecule has 7 nitrogen and oxygen atoms in total. The molecular weight excluding hydrogens is 368 g/mol. The zero-order chi connectivity index (χ0) is 20.4. The van der Waals surface area contributed by atoms with Gasteiger partial charge in [0.05, 0.1) is 24.5 Å². The van der Waals surface area contributed by atoms with Crippen LogP contribution in [-0.2, 0) is 11.3 Å². The number of nitrogens with one attached hydrogen (secondary N) is 1. The lowest BCUT2D eigenvalue weighted by Crippen LogP contribution is -2.49. The molecule has 7 heteroatoms. The maximum atomic E-state index is 12.6. The van der Waals surface area contributed by atoms with Gasteiger partial charge in [-0.3, -0.25) is 14.0 Å². The number of hydrogen-bond donors (Lipinski definition) is 1. The summed E-state index contributed by atoms with van der Waals surface area (Å²) in [5.74, 6) is 0.525. The van der Waals surface area contributed by atoms with Crippen LogP contribution in [0.25, 0.3) is 5.65 Å². The van der Waals surface area contributed by atoms with Crippen molar-refractivity contribution in [1.29, 1.82) is 0 Å². The molecule has 1 aliphatic heterocycles. The van der Waals surface area contributed by atoms with Crippen molar-refractivity contribution >= 4 is 17.2 Å². The van der Waals surface area contributed by atoms with E-state index in [1.54, 1.807) is 10.5 Å². The highest BCUT2D eigenvalue weighted by Gasteiger charge is 2.30. The molecule has 0 saturated carbocycles. The molecule has 0 spiro atoms. The van der Waals surface area contributed by atoms with Gasteiger partial charge in [0.1, 0.15) is 11.4 Å². The maximum absolute atomic E-state index is 12.6. The van der Waals surface area contributed by atoms with E-state index in [2.05, 4.69) is 10.3 Å². The molecule has 1 N–H and O–H groups in total. The number of fused-ring (bicyclic) bond motifs is 2. The van der Waals surface area contributed by atoms with E-state index < -0.39 is 6.10 Å². The van der Waals surface area contributed by atoms with Gasteiger partial charge in [-0.2, -0.15) is 0 Å². The topological polar surface area (TPSA) is 75.9 Å². The quantitative estimate of drug-likeness (QED) is 0.721. The minimum Gasteiger partial charge on any atom is -0.477 e. The number of aryl methyl sites for hydroxylation is 1. The van der Waals surface area contributed by atoms with Crippen LogP contribution >= 0.6 is 0 Å². The SMILES string of the molecule is CCCNC(=O)[C@H]1CN(Cc2cc(=O)n3c(C)cccc3n2)c2ccccc2O1. The van der Waals surface area contributed by atoms with Gasteiger partial charge in [0.15, 0.2) is 6.10 Å². The number of aromatic nitrogens is 2. The van der Waals surface area contributed by atoms with Gasteiger partial charge < -0.3 is 15.0 Å². The van der Waals surface area contributed by atoms with Crippen molar-refractivity contribution in [2.24, 2.45) is 0 Å². The van der Waals surface area contributed by atoms with E-state index in [9.17, 15) is 9.59 Å². The average molecular weight is 392 g/mol. The minimum absolute atomic E-state index is 0.109. The molecule has 29 heavy (non-hydrogen) atoms. The molecule has 1 aliphatic rings. The van der Waals surface area contributed by atoms with Gasteiger partial charge >= 0.3 is 0 Å². The van der Waals surface area contributed by atoms with Crippen molar-refractivity contribution in [3.05, 3.63) is 70.3 Å². The molecule has 0 unspecified atom stereocenters. The van der Waals surface area contributed by atoms with Gasteiger partial charge in [-0.25, -0.2) is 4.98 Å². The average Bonchev–Trinajstić information content (AvgIpc) is 2.71. The van der Waals surface area contributed by atoms with Crippen LogP contribution in [0.4, 0.5) is 5.69 Å². The van der Waals surface area contributed by atoms with Gasteiger partial charge in [0, 0.05) is 18.3 Å². The van der Waals surface area contributed by atoms with Crippen LogP contribution < -0.4 is 20.5 Å². The predicted octanol–water partition coefficient (Wildman–Crippen LogP) is 2.30. The molecule has 3 heterocycles. The smallest absolute Gasteiger partial charge is 0.262 e.